The van der Waals surface area contributed by atoms with Crippen molar-refractivity contribution >= 4 is 11.8 Å². The Labute approximate surface area is 126 Å². The Morgan fingerprint density at radius 2 is 1.82 bits per heavy atom. The molecule has 0 unspecified atom stereocenters. The van der Waals surface area contributed by atoms with E-state index in [4.69, 9.17) is 9.26 Å². The quantitative estimate of drug-likeness (QED) is 0.798. The van der Waals surface area contributed by atoms with E-state index in [0.717, 1.165) is 11.1 Å². The van der Waals surface area contributed by atoms with Crippen molar-refractivity contribution in [3.8, 4) is 17.5 Å². The molecular weight excluding hydrogens is 282 g/mol. The second-order valence-corrected chi connectivity index (χ2v) is 4.63. The third kappa shape index (κ3) is 3.29. The number of amides is 1. The van der Waals surface area contributed by atoms with E-state index in [-0.39, 0.29) is 6.01 Å². The lowest BCUT2D eigenvalue weighted by atomic mass is 10.2. The lowest BCUT2D eigenvalue weighted by Gasteiger charge is -2.03. The summed E-state index contributed by atoms with van der Waals surface area (Å²) in [5, 5.41) is 6.20. The number of rotatable bonds is 3. The van der Waals surface area contributed by atoms with Crippen LogP contribution in [0.2, 0.25) is 0 Å². The van der Waals surface area contributed by atoms with Crippen molar-refractivity contribution in [3.05, 3.63) is 60.2 Å². The molecule has 2 aromatic carbocycles. The van der Waals surface area contributed by atoms with Gasteiger partial charge in [0, 0.05) is 11.3 Å². The number of aryl methyl sites for hydroxylation is 1. The van der Waals surface area contributed by atoms with Crippen LogP contribution in [-0.4, -0.2) is 16.2 Å². The molecule has 0 aliphatic heterocycles. The molecule has 0 radical (unpaired) electrons. The molecule has 3 rings (SSSR count). The van der Waals surface area contributed by atoms with E-state index < -0.39 is 6.09 Å². The number of carbonyl (C=O) groups excluding carboxylic acids is 1. The van der Waals surface area contributed by atoms with Gasteiger partial charge in [-0.05, 0) is 36.3 Å². The van der Waals surface area contributed by atoms with Crippen LogP contribution in [0.1, 0.15) is 5.56 Å². The molecule has 0 aliphatic carbocycles. The number of nitrogens with zero attached hydrogens (tertiary/aromatic N) is 2. The molecule has 1 amide bonds. The van der Waals surface area contributed by atoms with E-state index >= 15 is 0 Å². The number of anilines is 1. The molecule has 1 heterocycles. The predicted molar refractivity (Wildman–Crippen MR) is 80.6 cm³/mol. The average Bonchev–Trinajstić information content (AvgIpc) is 2.99. The van der Waals surface area contributed by atoms with Gasteiger partial charge in [-0.3, -0.25) is 5.32 Å². The predicted octanol–water partition coefficient (Wildman–Crippen LogP) is 3.66. The second kappa shape index (κ2) is 6.09. The highest BCUT2D eigenvalue weighted by Gasteiger charge is 2.13. The van der Waals surface area contributed by atoms with E-state index in [1.54, 1.807) is 12.1 Å². The van der Waals surface area contributed by atoms with Crippen LogP contribution >= 0.6 is 0 Å². The van der Waals surface area contributed by atoms with Crippen LogP contribution in [0.5, 0.6) is 6.01 Å². The highest BCUT2D eigenvalue weighted by molar-refractivity contribution is 5.85. The number of aromatic nitrogens is 2. The number of benzene rings is 2. The maximum atomic E-state index is 11.8. The fourth-order valence-corrected chi connectivity index (χ4v) is 1.81. The summed E-state index contributed by atoms with van der Waals surface area (Å²) in [5.41, 5.74) is 2.48. The summed E-state index contributed by atoms with van der Waals surface area (Å²) < 4.78 is 10.0. The zero-order valence-electron chi connectivity index (χ0n) is 11.8. The first-order valence-electron chi connectivity index (χ1n) is 6.65. The van der Waals surface area contributed by atoms with Crippen molar-refractivity contribution in [2.24, 2.45) is 0 Å². The van der Waals surface area contributed by atoms with Crippen molar-refractivity contribution in [3.63, 3.8) is 0 Å². The van der Waals surface area contributed by atoms with Crippen LogP contribution in [-0.2, 0) is 0 Å². The van der Waals surface area contributed by atoms with Gasteiger partial charge in [0.1, 0.15) is 0 Å². The Hall–Kier alpha value is -3.15. The zero-order chi connectivity index (χ0) is 15.4. The van der Waals surface area contributed by atoms with Crippen LogP contribution in [0.25, 0.3) is 11.5 Å². The number of hydrogen-bond acceptors (Lipinski definition) is 5. The molecule has 0 bridgehead atoms. The average molecular weight is 295 g/mol. The van der Waals surface area contributed by atoms with Crippen LogP contribution in [0.15, 0.2) is 59.1 Å². The summed E-state index contributed by atoms with van der Waals surface area (Å²) in [5.74, 6) is 0.290. The van der Waals surface area contributed by atoms with Gasteiger partial charge in [-0.25, -0.2) is 4.79 Å². The lowest BCUT2D eigenvalue weighted by Crippen LogP contribution is -2.17. The molecule has 22 heavy (non-hydrogen) atoms. The van der Waals surface area contributed by atoms with E-state index in [1.165, 1.54) is 0 Å². The number of carbonyl (C=O) groups is 1. The Morgan fingerprint density at radius 1 is 1.09 bits per heavy atom. The first kappa shape index (κ1) is 13.8. The summed E-state index contributed by atoms with van der Waals surface area (Å²) in [6.07, 6.45) is -0.677. The smallest absolute Gasteiger partial charge is 0.372 e. The van der Waals surface area contributed by atoms with Gasteiger partial charge < -0.3 is 9.26 Å². The highest BCUT2D eigenvalue weighted by atomic mass is 16.6. The second-order valence-electron chi connectivity index (χ2n) is 4.63. The van der Waals surface area contributed by atoms with Gasteiger partial charge in [0.05, 0.1) is 0 Å². The Bertz CT molecular complexity index is 767. The largest absolute Gasteiger partial charge is 0.419 e. The monoisotopic (exact) mass is 295 g/mol. The molecule has 6 heteroatoms. The van der Waals surface area contributed by atoms with Crippen molar-refractivity contribution in [1.82, 2.24) is 10.1 Å². The standard InChI is InChI=1S/C16H13N3O3/c1-11-7-9-13(10-8-11)17-16(20)21-15-18-14(22-19-15)12-5-3-2-4-6-12/h2-10H,1H3,(H,17,20). The first-order valence-corrected chi connectivity index (χ1v) is 6.65. The Balaban J connectivity index is 1.65. The molecule has 110 valence electrons. The normalized spacial score (nSPS) is 10.2. The minimum atomic E-state index is -0.677. The minimum absolute atomic E-state index is 0.136. The number of hydrogen-bond donors (Lipinski definition) is 1. The Morgan fingerprint density at radius 3 is 2.55 bits per heavy atom. The first-order chi connectivity index (χ1) is 10.7. The Kier molecular flexibility index (Phi) is 3.82. The molecule has 1 N–H and O–H groups in total. The van der Waals surface area contributed by atoms with E-state index in [2.05, 4.69) is 15.5 Å². The van der Waals surface area contributed by atoms with Gasteiger partial charge in [0.2, 0.25) is 0 Å². The van der Waals surface area contributed by atoms with Gasteiger partial charge in [0.15, 0.2) is 0 Å². The van der Waals surface area contributed by atoms with Gasteiger partial charge in [0.25, 0.3) is 5.89 Å². The third-order valence-corrected chi connectivity index (χ3v) is 2.91. The molecule has 3 aromatic rings. The highest BCUT2D eigenvalue weighted by Crippen LogP contribution is 2.19. The van der Waals surface area contributed by atoms with Gasteiger partial charge in [-0.1, -0.05) is 35.9 Å². The summed E-state index contributed by atoms with van der Waals surface area (Å²) >= 11 is 0. The maximum Gasteiger partial charge on any atom is 0.419 e. The minimum Gasteiger partial charge on any atom is -0.372 e. The number of nitrogens with one attached hydrogen (secondary N) is 1. The fourth-order valence-electron chi connectivity index (χ4n) is 1.81. The fraction of sp³-hybridized carbons (Fsp3) is 0.0625. The molecule has 0 saturated heterocycles. The van der Waals surface area contributed by atoms with Crippen LogP contribution in [0.3, 0.4) is 0 Å². The van der Waals surface area contributed by atoms with E-state index in [1.807, 2.05) is 49.4 Å². The molecule has 0 atom stereocenters. The lowest BCUT2D eigenvalue weighted by molar-refractivity contribution is 0.209. The van der Waals surface area contributed by atoms with Gasteiger partial charge in [-0.2, -0.15) is 4.98 Å². The van der Waals surface area contributed by atoms with Crippen molar-refractivity contribution in [1.29, 1.82) is 0 Å². The third-order valence-electron chi connectivity index (χ3n) is 2.91. The van der Waals surface area contributed by atoms with Crippen molar-refractivity contribution < 1.29 is 14.1 Å². The zero-order valence-corrected chi connectivity index (χ0v) is 11.8. The maximum absolute atomic E-state index is 11.8. The van der Waals surface area contributed by atoms with Crippen molar-refractivity contribution in [2.75, 3.05) is 5.32 Å². The molecule has 6 nitrogen and oxygen atoms in total. The molecular formula is C16H13N3O3. The van der Waals surface area contributed by atoms with Crippen LogP contribution in [0, 0.1) is 6.92 Å². The van der Waals surface area contributed by atoms with Gasteiger partial charge >= 0.3 is 12.1 Å². The summed E-state index contributed by atoms with van der Waals surface area (Å²) in [7, 11) is 0. The van der Waals surface area contributed by atoms with E-state index in [0.29, 0.717) is 11.6 Å². The summed E-state index contributed by atoms with van der Waals surface area (Å²) in [6.45, 7) is 1.96. The molecule has 0 spiro atoms. The SMILES string of the molecule is Cc1ccc(NC(=O)Oc2noc(-c3ccccc3)n2)cc1. The van der Waals surface area contributed by atoms with Gasteiger partial charge in [-0.15, -0.1) is 0 Å². The van der Waals surface area contributed by atoms with E-state index in [9.17, 15) is 4.79 Å². The van der Waals surface area contributed by atoms with Crippen molar-refractivity contribution in [2.45, 2.75) is 6.92 Å². The summed E-state index contributed by atoms with van der Waals surface area (Å²) in [6, 6.07) is 16.4. The molecule has 1 aromatic heterocycles. The molecule has 0 saturated carbocycles. The molecule has 0 aliphatic rings. The van der Waals surface area contributed by atoms with Crippen LogP contribution < -0.4 is 10.1 Å². The topological polar surface area (TPSA) is 77.2 Å². The van der Waals surface area contributed by atoms with Crippen LogP contribution in [0.4, 0.5) is 10.5 Å². The number of ether oxygens (including phenoxy) is 1. The molecule has 0 fully saturated rings. The summed E-state index contributed by atoms with van der Waals surface area (Å²) in [4.78, 5) is 15.8.